The van der Waals surface area contributed by atoms with Gasteiger partial charge in [-0.25, -0.2) is 0 Å². The molecule has 1 heterocycles. The zero-order valence-corrected chi connectivity index (χ0v) is 12.6. The zero-order valence-electron chi connectivity index (χ0n) is 11.0. The fourth-order valence-corrected chi connectivity index (χ4v) is 2.88. The van der Waals surface area contributed by atoms with Crippen molar-refractivity contribution >= 4 is 21.6 Å². The van der Waals surface area contributed by atoms with Crippen molar-refractivity contribution in [3.8, 4) is 0 Å². The van der Waals surface area contributed by atoms with Crippen molar-refractivity contribution in [2.45, 2.75) is 26.0 Å². The number of ether oxygens (including phenoxy) is 1. The van der Waals surface area contributed by atoms with Crippen LogP contribution in [0.4, 0.5) is 5.69 Å². The van der Waals surface area contributed by atoms with E-state index in [1.165, 1.54) is 12.0 Å². The Balaban J connectivity index is 2.01. The van der Waals surface area contributed by atoms with Crippen LogP contribution in [0, 0.1) is 5.92 Å². The summed E-state index contributed by atoms with van der Waals surface area (Å²) in [6, 6.07) is 6.11. The van der Waals surface area contributed by atoms with E-state index in [4.69, 9.17) is 10.5 Å². The Morgan fingerprint density at radius 1 is 1.50 bits per heavy atom. The van der Waals surface area contributed by atoms with E-state index in [2.05, 4.69) is 33.8 Å². The molecule has 2 atom stereocenters. The Morgan fingerprint density at radius 3 is 2.94 bits per heavy atom. The zero-order chi connectivity index (χ0) is 13.1. The minimum atomic E-state index is 0.343. The van der Waals surface area contributed by atoms with Gasteiger partial charge in [0.25, 0.3) is 0 Å². The van der Waals surface area contributed by atoms with Gasteiger partial charge in [0.1, 0.15) is 0 Å². The molecule has 0 aliphatic carbocycles. The quantitative estimate of drug-likeness (QED) is 0.872. The summed E-state index contributed by atoms with van der Waals surface area (Å²) in [7, 11) is 1.80. The summed E-state index contributed by atoms with van der Waals surface area (Å²) in [5.41, 5.74) is 8.10. The van der Waals surface area contributed by atoms with Gasteiger partial charge in [-0.1, -0.05) is 28.9 Å². The van der Waals surface area contributed by atoms with Gasteiger partial charge in [0, 0.05) is 30.4 Å². The molecule has 1 aromatic rings. The van der Waals surface area contributed by atoms with Crippen LogP contribution in [0.1, 0.15) is 18.9 Å². The van der Waals surface area contributed by atoms with E-state index in [9.17, 15) is 0 Å². The van der Waals surface area contributed by atoms with Crippen molar-refractivity contribution in [3.63, 3.8) is 0 Å². The van der Waals surface area contributed by atoms with E-state index in [0.717, 1.165) is 29.8 Å². The number of benzene rings is 1. The molecule has 0 saturated carbocycles. The van der Waals surface area contributed by atoms with E-state index in [0.29, 0.717) is 12.0 Å². The van der Waals surface area contributed by atoms with E-state index in [-0.39, 0.29) is 0 Å². The molecule has 0 amide bonds. The molecule has 1 aliphatic rings. The van der Waals surface area contributed by atoms with Crippen molar-refractivity contribution in [1.82, 2.24) is 4.90 Å². The number of nitrogens with two attached hydrogens (primary N) is 1. The molecule has 18 heavy (non-hydrogen) atoms. The fraction of sp³-hybridized carbons (Fsp3) is 0.571. The third-order valence-corrected chi connectivity index (χ3v) is 4.27. The second-order valence-corrected chi connectivity index (χ2v) is 6.03. The highest BCUT2D eigenvalue weighted by atomic mass is 79.9. The molecule has 1 aliphatic heterocycles. The molecule has 1 fully saturated rings. The molecule has 3 nitrogen and oxygen atoms in total. The first kappa shape index (κ1) is 13.8. The van der Waals surface area contributed by atoms with Gasteiger partial charge in [0.15, 0.2) is 0 Å². The lowest BCUT2D eigenvalue weighted by molar-refractivity contribution is -0.00739. The molecule has 0 radical (unpaired) electrons. The number of hydrogen-bond acceptors (Lipinski definition) is 3. The van der Waals surface area contributed by atoms with Gasteiger partial charge in [-0.05, 0) is 36.6 Å². The fourth-order valence-electron chi connectivity index (χ4n) is 2.50. The van der Waals surface area contributed by atoms with Gasteiger partial charge >= 0.3 is 0 Å². The minimum Gasteiger partial charge on any atom is -0.398 e. The summed E-state index contributed by atoms with van der Waals surface area (Å²) in [4.78, 5) is 2.42. The molecule has 1 aromatic carbocycles. The lowest BCUT2D eigenvalue weighted by atomic mass is 9.95. The average Bonchev–Trinajstić information content (AvgIpc) is 2.35. The lowest BCUT2D eigenvalue weighted by Crippen LogP contribution is -2.43. The number of nitrogens with zero attached hydrogens (tertiary/aromatic N) is 1. The van der Waals surface area contributed by atoms with Crippen LogP contribution >= 0.6 is 15.9 Å². The van der Waals surface area contributed by atoms with Crippen LogP contribution in [0.15, 0.2) is 22.7 Å². The summed E-state index contributed by atoms with van der Waals surface area (Å²) in [6.45, 7) is 5.29. The topological polar surface area (TPSA) is 38.5 Å². The molecule has 1 saturated heterocycles. The third-order valence-electron chi connectivity index (χ3n) is 3.78. The first-order chi connectivity index (χ1) is 8.60. The van der Waals surface area contributed by atoms with Gasteiger partial charge in [-0.15, -0.1) is 0 Å². The molecule has 2 unspecified atom stereocenters. The number of likely N-dealkylation sites (tertiary alicyclic amines) is 1. The van der Waals surface area contributed by atoms with E-state index in [1.54, 1.807) is 7.11 Å². The van der Waals surface area contributed by atoms with Crippen LogP contribution < -0.4 is 5.73 Å². The van der Waals surface area contributed by atoms with Crippen molar-refractivity contribution in [2.75, 3.05) is 25.9 Å². The van der Waals surface area contributed by atoms with Gasteiger partial charge in [-0.2, -0.15) is 0 Å². The van der Waals surface area contributed by atoms with Crippen molar-refractivity contribution in [2.24, 2.45) is 5.92 Å². The molecular formula is C14H21BrN2O. The molecule has 2 rings (SSSR count). The largest absolute Gasteiger partial charge is 0.398 e. The Labute approximate surface area is 117 Å². The molecule has 4 heteroatoms. The van der Waals surface area contributed by atoms with Crippen LogP contribution in [0.2, 0.25) is 0 Å². The van der Waals surface area contributed by atoms with Gasteiger partial charge < -0.3 is 10.5 Å². The van der Waals surface area contributed by atoms with Crippen LogP contribution in [-0.4, -0.2) is 31.2 Å². The maximum absolute atomic E-state index is 6.05. The smallest absolute Gasteiger partial charge is 0.0724 e. The molecule has 0 bridgehead atoms. The van der Waals surface area contributed by atoms with Crippen LogP contribution in [0.3, 0.4) is 0 Å². The van der Waals surface area contributed by atoms with Crippen molar-refractivity contribution in [3.05, 3.63) is 28.2 Å². The highest BCUT2D eigenvalue weighted by Crippen LogP contribution is 2.24. The molecule has 100 valence electrons. The summed E-state index contributed by atoms with van der Waals surface area (Å²) >= 11 is 3.44. The van der Waals surface area contributed by atoms with Gasteiger partial charge in [-0.3, -0.25) is 4.90 Å². The first-order valence-corrected chi connectivity index (χ1v) is 7.18. The number of nitrogen functional groups attached to an aromatic ring is 1. The SMILES string of the molecule is COC1CN(Cc2ccc(Br)cc2N)CCC1C. The van der Waals surface area contributed by atoms with E-state index >= 15 is 0 Å². The normalized spacial score (nSPS) is 25.3. The predicted molar refractivity (Wildman–Crippen MR) is 78.4 cm³/mol. The van der Waals surface area contributed by atoms with E-state index in [1.807, 2.05) is 12.1 Å². The second kappa shape index (κ2) is 6.04. The number of piperidine rings is 1. The summed E-state index contributed by atoms with van der Waals surface area (Å²) < 4.78 is 6.57. The Kier molecular flexibility index (Phi) is 4.65. The number of hydrogen-bond donors (Lipinski definition) is 1. The van der Waals surface area contributed by atoms with Gasteiger partial charge in [0.05, 0.1) is 6.10 Å². The Hall–Kier alpha value is -0.580. The highest BCUT2D eigenvalue weighted by Gasteiger charge is 2.26. The third kappa shape index (κ3) is 3.25. The second-order valence-electron chi connectivity index (χ2n) is 5.12. The van der Waals surface area contributed by atoms with Gasteiger partial charge in [0.2, 0.25) is 0 Å². The number of methoxy groups -OCH3 is 1. The van der Waals surface area contributed by atoms with Crippen molar-refractivity contribution < 1.29 is 4.74 Å². The molecule has 0 aromatic heterocycles. The summed E-state index contributed by atoms with van der Waals surface area (Å²) in [6.07, 6.45) is 1.53. The van der Waals surface area contributed by atoms with Crippen LogP contribution in [0.25, 0.3) is 0 Å². The van der Waals surface area contributed by atoms with Crippen molar-refractivity contribution in [1.29, 1.82) is 0 Å². The number of anilines is 1. The average molecular weight is 313 g/mol. The standard InChI is InChI=1S/C14H21BrN2O/c1-10-5-6-17(9-14(10)18-2)8-11-3-4-12(15)7-13(11)16/h3-4,7,10,14H,5-6,8-9,16H2,1-2H3. The summed E-state index contributed by atoms with van der Waals surface area (Å²) in [5, 5.41) is 0. The van der Waals surface area contributed by atoms with Crippen LogP contribution in [0.5, 0.6) is 0 Å². The molecular weight excluding hydrogens is 292 g/mol. The number of rotatable bonds is 3. The maximum atomic E-state index is 6.05. The minimum absolute atomic E-state index is 0.343. The van der Waals surface area contributed by atoms with E-state index < -0.39 is 0 Å². The Morgan fingerprint density at radius 2 is 2.28 bits per heavy atom. The summed E-state index contributed by atoms with van der Waals surface area (Å²) in [5.74, 6) is 0.647. The molecule has 0 spiro atoms. The number of halogens is 1. The predicted octanol–water partition coefficient (Wildman–Crippen LogP) is 2.89. The first-order valence-electron chi connectivity index (χ1n) is 6.39. The molecule has 2 N–H and O–H groups in total. The highest BCUT2D eigenvalue weighted by molar-refractivity contribution is 9.10. The Bertz CT molecular complexity index is 411. The lowest BCUT2D eigenvalue weighted by Gasteiger charge is -2.36. The van der Waals surface area contributed by atoms with Crippen LogP contribution in [-0.2, 0) is 11.3 Å². The monoisotopic (exact) mass is 312 g/mol. The maximum Gasteiger partial charge on any atom is 0.0724 e.